The highest BCUT2D eigenvalue weighted by molar-refractivity contribution is 6.99. The van der Waals surface area contributed by atoms with Crippen LogP contribution in [0.2, 0.25) is 5.04 Å². The summed E-state index contributed by atoms with van der Waals surface area (Å²) in [6.07, 6.45) is 12.2. The van der Waals surface area contributed by atoms with E-state index in [1.165, 1.54) is 16.4 Å². The number of aromatic nitrogens is 1. The molecule has 0 N–H and O–H groups in total. The van der Waals surface area contributed by atoms with Gasteiger partial charge in [0.05, 0.1) is 31.5 Å². The molecule has 2 fully saturated rings. The summed E-state index contributed by atoms with van der Waals surface area (Å²) in [5.74, 6) is 0.926. The number of methoxy groups -OCH3 is 1. The Bertz CT molecular complexity index is 1860. The van der Waals surface area contributed by atoms with Crippen LogP contribution in [0.25, 0.3) is 6.08 Å². The zero-order valence-electron chi connectivity index (χ0n) is 32.8. The number of carbonyl (C=O) groups is 1. The monoisotopic (exact) mass is 761 g/mol. The van der Waals surface area contributed by atoms with E-state index in [2.05, 4.69) is 88.0 Å². The van der Waals surface area contributed by atoms with E-state index in [1.54, 1.807) is 13.4 Å². The molecule has 2 saturated heterocycles. The van der Waals surface area contributed by atoms with Gasteiger partial charge in [-0.2, -0.15) is 0 Å². The zero-order chi connectivity index (χ0) is 38.8. The lowest BCUT2D eigenvalue weighted by Crippen LogP contribution is -2.68. The molecule has 2 aliphatic rings. The summed E-state index contributed by atoms with van der Waals surface area (Å²) < 4.78 is 37.7. The van der Waals surface area contributed by atoms with Crippen molar-refractivity contribution < 1.29 is 32.6 Å². The Morgan fingerprint density at radius 2 is 1.58 bits per heavy atom. The number of carbonyl (C=O) groups excluding carboxylic acids is 1. The van der Waals surface area contributed by atoms with Crippen molar-refractivity contribution >= 4 is 30.7 Å². The lowest BCUT2D eigenvalue weighted by Gasteiger charge is -2.47. The maximum atomic E-state index is 12.5. The molecule has 4 aromatic rings. The minimum atomic E-state index is -2.84. The summed E-state index contributed by atoms with van der Waals surface area (Å²) >= 11 is 0. The predicted molar refractivity (Wildman–Crippen MR) is 219 cm³/mol. The third-order valence-corrected chi connectivity index (χ3v) is 15.5. The third-order valence-electron chi connectivity index (χ3n) is 10.4. The van der Waals surface area contributed by atoms with Crippen molar-refractivity contribution in [1.82, 2.24) is 4.98 Å². The molecule has 0 spiro atoms. The number of oxazole rings is 1. The van der Waals surface area contributed by atoms with Gasteiger partial charge in [-0.05, 0) is 71.8 Å². The molecule has 3 aromatic carbocycles. The molecule has 6 rings (SSSR count). The highest BCUT2D eigenvalue weighted by Crippen LogP contribution is 2.42. The lowest BCUT2D eigenvalue weighted by atomic mass is 9.91. The number of allylic oxidation sites excluding steroid dienone is 1. The van der Waals surface area contributed by atoms with E-state index < -0.39 is 8.32 Å². The normalized spacial score (nSPS) is 22.3. The number of hydrogen-bond donors (Lipinski definition) is 0. The van der Waals surface area contributed by atoms with E-state index in [1.807, 2.05) is 49.4 Å². The molecule has 0 bridgehead atoms. The second-order valence-corrected chi connectivity index (χ2v) is 19.9. The Morgan fingerprint density at radius 1 is 0.909 bits per heavy atom. The Balaban J connectivity index is 1.18. The van der Waals surface area contributed by atoms with Gasteiger partial charge in [0.1, 0.15) is 30.4 Å². The van der Waals surface area contributed by atoms with Crippen LogP contribution in [0, 0.1) is 0 Å². The van der Waals surface area contributed by atoms with Crippen molar-refractivity contribution in [2.45, 2.75) is 108 Å². The molecule has 5 atom stereocenters. The van der Waals surface area contributed by atoms with E-state index in [4.69, 9.17) is 32.8 Å². The number of hydrogen-bond acceptors (Lipinski definition) is 8. The van der Waals surface area contributed by atoms with Crippen molar-refractivity contribution in [2.75, 3.05) is 7.11 Å². The fourth-order valence-electron chi connectivity index (χ4n) is 7.93. The van der Waals surface area contributed by atoms with Gasteiger partial charge in [-0.15, -0.1) is 0 Å². The molecule has 0 amide bonds. The topological polar surface area (TPSA) is 89.3 Å². The number of esters is 1. The molecule has 55 heavy (non-hydrogen) atoms. The molecule has 290 valence electrons. The fraction of sp³-hybridized carbons (Fsp3) is 0.391. The number of rotatable bonds is 14. The van der Waals surface area contributed by atoms with Gasteiger partial charge in [0, 0.05) is 18.9 Å². The molecule has 0 aliphatic carbocycles. The quantitative estimate of drug-likeness (QED) is 0.0545. The largest absolute Gasteiger partial charge is 0.497 e. The Hall–Kier alpha value is -4.54. The standard InChI is InChI=1S/C46H55NO7Si/c1-7-15-44-47-42(32-50-44)43-30-39(54-55(46(3,4)5,40-17-10-8-11-18-40)41-19-12-9-13-20-41)29-38(53-43)28-37-27-33(2)26-36(52-37)16-14-21-45(48)51-31-34-22-24-35(49-6)25-23-34/h7-15,17-25,32,36-39,43H,2,16,26-31H2,1,3-6H3/b15-7+,21-14-/t36-,37+,38+,39-,43+/m0/s1. The van der Waals surface area contributed by atoms with Crippen LogP contribution < -0.4 is 15.1 Å². The highest BCUT2D eigenvalue weighted by Gasteiger charge is 2.52. The molecular weight excluding hydrogens is 707 g/mol. The second-order valence-electron chi connectivity index (χ2n) is 15.6. The van der Waals surface area contributed by atoms with Gasteiger partial charge in [-0.3, -0.25) is 0 Å². The second kappa shape index (κ2) is 18.4. The van der Waals surface area contributed by atoms with E-state index >= 15 is 0 Å². The SMILES string of the molecule is C=C1C[C@H](C[C@@H]2C[C@H](O[Si](c3ccccc3)(c3ccccc3)C(C)(C)C)C[C@H](c3coc(/C=C/C)n3)O2)O[C@@H](C/C=C\C(=O)OCc2ccc(OC)cc2)C1. The molecule has 0 saturated carbocycles. The van der Waals surface area contributed by atoms with E-state index in [0.29, 0.717) is 25.2 Å². The summed E-state index contributed by atoms with van der Waals surface area (Å²) in [6.45, 7) is 13.4. The fourth-order valence-corrected chi connectivity index (χ4v) is 12.6. The van der Waals surface area contributed by atoms with Gasteiger partial charge in [0.2, 0.25) is 5.89 Å². The maximum absolute atomic E-state index is 12.5. The van der Waals surface area contributed by atoms with Crippen LogP contribution in [-0.4, -0.2) is 50.8 Å². The smallest absolute Gasteiger partial charge is 0.330 e. The molecule has 3 heterocycles. The summed E-state index contributed by atoms with van der Waals surface area (Å²) in [5, 5.41) is 2.33. The first-order valence-corrected chi connectivity index (χ1v) is 21.3. The summed E-state index contributed by atoms with van der Waals surface area (Å²) in [7, 11) is -1.22. The van der Waals surface area contributed by atoms with Crippen LogP contribution >= 0.6 is 0 Å². The molecule has 8 nitrogen and oxygen atoms in total. The van der Waals surface area contributed by atoms with Gasteiger partial charge in [-0.25, -0.2) is 9.78 Å². The van der Waals surface area contributed by atoms with E-state index in [9.17, 15) is 4.79 Å². The lowest BCUT2D eigenvalue weighted by molar-refractivity contribution is -0.139. The molecule has 0 unspecified atom stereocenters. The van der Waals surface area contributed by atoms with E-state index in [0.717, 1.165) is 41.8 Å². The van der Waals surface area contributed by atoms with Crippen LogP contribution in [0.15, 0.2) is 126 Å². The minimum absolute atomic E-state index is 0.0881. The minimum Gasteiger partial charge on any atom is -0.497 e. The summed E-state index contributed by atoms with van der Waals surface area (Å²) in [6, 6.07) is 29.0. The Kier molecular flexibility index (Phi) is 13.4. The van der Waals surface area contributed by atoms with Crippen molar-refractivity contribution in [1.29, 1.82) is 0 Å². The molecule has 1 aromatic heterocycles. The van der Waals surface area contributed by atoms with Crippen molar-refractivity contribution in [3.63, 3.8) is 0 Å². The molecule has 2 aliphatic heterocycles. The first kappa shape index (κ1) is 40.1. The molecular formula is C46H55NO7Si. The highest BCUT2D eigenvalue weighted by atomic mass is 28.4. The van der Waals surface area contributed by atoms with Crippen LogP contribution in [0.5, 0.6) is 5.75 Å². The average Bonchev–Trinajstić information content (AvgIpc) is 3.65. The van der Waals surface area contributed by atoms with E-state index in [-0.39, 0.29) is 48.1 Å². The zero-order valence-corrected chi connectivity index (χ0v) is 33.8. The first-order valence-electron chi connectivity index (χ1n) is 19.4. The van der Waals surface area contributed by atoms with Gasteiger partial charge in [0.25, 0.3) is 8.32 Å². The van der Waals surface area contributed by atoms with Gasteiger partial charge >= 0.3 is 5.97 Å². The van der Waals surface area contributed by atoms with Crippen LogP contribution in [0.1, 0.15) is 89.5 Å². The predicted octanol–water partition coefficient (Wildman–Crippen LogP) is 9.07. The maximum Gasteiger partial charge on any atom is 0.330 e. The van der Waals surface area contributed by atoms with Crippen LogP contribution in [0.3, 0.4) is 0 Å². The number of benzene rings is 3. The first-order chi connectivity index (χ1) is 26.6. The summed E-state index contributed by atoms with van der Waals surface area (Å²) in [4.78, 5) is 17.3. The van der Waals surface area contributed by atoms with Gasteiger partial charge < -0.3 is 27.8 Å². The van der Waals surface area contributed by atoms with Crippen molar-refractivity contribution in [2.24, 2.45) is 0 Å². The van der Waals surface area contributed by atoms with Gasteiger partial charge in [0.15, 0.2) is 0 Å². The van der Waals surface area contributed by atoms with Crippen molar-refractivity contribution in [3.05, 3.63) is 139 Å². The number of ether oxygens (including phenoxy) is 4. The van der Waals surface area contributed by atoms with Gasteiger partial charge in [-0.1, -0.05) is 118 Å². The molecule has 0 radical (unpaired) electrons. The average molecular weight is 762 g/mol. The Labute approximate surface area is 327 Å². The molecule has 9 heteroatoms. The van der Waals surface area contributed by atoms with Crippen LogP contribution in [-0.2, 0) is 30.0 Å². The van der Waals surface area contributed by atoms with Crippen molar-refractivity contribution in [3.8, 4) is 5.75 Å². The summed E-state index contributed by atoms with van der Waals surface area (Å²) in [5.41, 5.74) is 2.80. The number of nitrogens with zero attached hydrogens (tertiary/aromatic N) is 1. The van der Waals surface area contributed by atoms with Crippen LogP contribution in [0.4, 0.5) is 0 Å². The Morgan fingerprint density at radius 3 is 2.22 bits per heavy atom. The third kappa shape index (κ3) is 10.2.